The molecule has 0 aliphatic carbocycles. The Hall–Kier alpha value is -1.88. The van der Waals surface area contributed by atoms with E-state index in [1.807, 2.05) is 38.3 Å². The van der Waals surface area contributed by atoms with Crippen molar-refractivity contribution in [1.29, 1.82) is 0 Å². The highest BCUT2D eigenvalue weighted by atomic mass is 16.5. The number of hydrogen-bond donors (Lipinski definition) is 1. The summed E-state index contributed by atoms with van der Waals surface area (Å²) in [6, 6.07) is 5.22. The summed E-state index contributed by atoms with van der Waals surface area (Å²) < 4.78 is 7.73. The molecule has 5 nitrogen and oxygen atoms in total. The molecule has 20 heavy (non-hydrogen) atoms. The van der Waals surface area contributed by atoms with Crippen LogP contribution in [0.25, 0.3) is 11.0 Å². The molecule has 0 unspecified atom stereocenters. The summed E-state index contributed by atoms with van der Waals surface area (Å²) in [5.74, 6) is -0.161. The van der Waals surface area contributed by atoms with Gasteiger partial charge in [0.15, 0.2) is 0 Å². The molecule has 0 amide bonds. The Kier molecular flexibility index (Phi) is 3.81. The molecule has 0 bridgehead atoms. The van der Waals surface area contributed by atoms with E-state index in [0.29, 0.717) is 18.7 Å². The van der Waals surface area contributed by atoms with Crippen molar-refractivity contribution in [3.8, 4) is 0 Å². The maximum Gasteiger partial charge on any atom is 0.337 e. The van der Waals surface area contributed by atoms with Crippen LogP contribution in [0.2, 0.25) is 0 Å². The number of hydrogen-bond acceptors (Lipinski definition) is 3. The number of fused-ring (bicyclic) bond motifs is 1. The number of ether oxygens (including phenoxy) is 1. The van der Waals surface area contributed by atoms with Crippen molar-refractivity contribution in [3.05, 3.63) is 29.6 Å². The van der Waals surface area contributed by atoms with Gasteiger partial charge in [0.1, 0.15) is 11.3 Å². The van der Waals surface area contributed by atoms with E-state index in [4.69, 9.17) is 4.74 Å². The Labute approximate surface area is 118 Å². The smallest absolute Gasteiger partial charge is 0.337 e. The second-order valence-corrected chi connectivity index (χ2v) is 5.42. The van der Waals surface area contributed by atoms with Crippen molar-refractivity contribution in [2.24, 2.45) is 0 Å². The lowest BCUT2D eigenvalue weighted by Crippen LogP contribution is -2.30. The van der Waals surface area contributed by atoms with Gasteiger partial charge in [-0.1, -0.05) is 6.07 Å². The molecular weight excluding hydrogens is 256 g/mol. The summed E-state index contributed by atoms with van der Waals surface area (Å²) in [4.78, 5) is 15.7. The van der Waals surface area contributed by atoms with Crippen molar-refractivity contribution >= 4 is 17.0 Å². The molecular formula is C15H20N2O3. The van der Waals surface area contributed by atoms with E-state index in [1.165, 1.54) is 0 Å². The first-order valence-electron chi connectivity index (χ1n) is 6.69. The standard InChI is InChI=1S/C15H20N2O3/c1-5-20-15(3,4)9-17-10(2)16-13-11(14(18)19)7-6-8-12(13)17/h6-8H,5,9H2,1-4H3,(H,18,19). The zero-order valence-corrected chi connectivity index (χ0v) is 12.3. The van der Waals surface area contributed by atoms with Gasteiger partial charge in [0, 0.05) is 6.61 Å². The topological polar surface area (TPSA) is 64.4 Å². The molecule has 2 aromatic rings. The third-order valence-corrected chi connectivity index (χ3v) is 3.27. The van der Waals surface area contributed by atoms with Crippen molar-refractivity contribution in [1.82, 2.24) is 9.55 Å². The Morgan fingerprint density at radius 2 is 2.15 bits per heavy atom. The first-order chi connectivity index (χ1) is 9.35. The molecule has 0 atom stereocenters. The number of imidazole rings is 1. The quantitative estimate of drug-likeness (QED) is 0.912. The molecule has 0 aliphatic heterocycles. The van der Waals surface area contributed by atoms with Crippen molar-refractivity contribution in [2.75, 3.05) is 6.61 Å². The molecule has 0 radical (unpaired) electrons. The number of aromatic nitrogens is 2. The van der Waals surface area contributed by atoms with E-state index in [9.17, 15) is 9.90 Å². The molecule has 0 fully saturated rings. The summed E-state index contributed by atoms with van der Waals surface area (Å²) in [5.41, 5.74) is 1.27. The molecule has 0 saturated carbocycles. The van der Waals surface area contributed by atoms with E-state index in [2.05, 4.69) is 4.98 Å². The van der Waals surface area contributed by atoms with Gasteiger partial charge in [0.05, 0.1) is 23.2 Å². The molecule has 0 aliphatic rings. The molecule has 1 N–H and O–H groups in total. The average molecular weight is 276 g/mol. The third kappa shape index (κ3) is 2.67. The molecule has 5 heteroatoms. The van der Waals surface area contributed by atoms with E-state index in [-0.39, 0.29) is 11.2 Å². The number of aryl methyl sites for hydroxylation is 1. The number of carbonyl (C=O) groups is 1. The zero-order chi connectivity index (χ0) is 14.9. The van der Waals surface area contributed by atoms with Gasteiger partial charge >= 0.3 is 5.97 Å². The maximum absolute atomic E-state index is 11.2. The highest BCUT2D eigenvalue weighted by molar-refractivity contribution is 6.01. The predicted molar refractivity (Wildman–Crippen MR) is 77.1 cm³/mol. The summed E-state index contributed by atoms with van der Waals surface area (Å²) in [5, 5.41) is 9.23. The minimum absolute atomic E-state index is 0.235. The van der Waals surface area contributed by atoms with Crippen LogP contribution in [0.5, 0.6) is 0 Å². The van der Waals surface area contributed by atoms with Crippen molar-refractivity contribution in [2.45, 2.75) is 39.8 Å². The summed E-state index contributed by atoms with van der Waals surface area (Å²) >= 11 is 0. The molecule has 108 valence electrons. The lowest BCUT2D eigenvalue weighted by atomic mass is 10.1. The second-order valence-electron chi connectivity index (χ2n) is 5.42. The highest BCUT2D eigenvalue weighted by Crippen LogP contribution is 2.23. The van der Waals surface area contributed by atoms with Crippen LogP contribution in [0.1, 0.15) is 37.0 Å². The van der Waals surface area contributed by atoms with Gasteiger partial charge in [-0.05, 0) is 39.8 Å². The third-order valence-electron chi connectivity index (χ3n) is 3.27. The predicted octanol–water partition coefficient (Wildman–Crippen LogP) is 2.86. The number of rotatable bonds is 5. The Bertz CT molecular complexity index is 644. The lowest BCUT2D eigenvalue weighted by molar-refractivity contribution is -0.0220. The van der Waals surface area contributed by atoms with Gasteiger partial charge < -0.3 is 14.4 Å². The number of aromatic carboxylic acids is 1. The van der Waals surface area contributed by atoms with E-state index < -0.39 is 5.97 Å². The molecule has 0 saturated heterocycles. The maximum atomic E-state index is 11.2. The Balaban J connectivity index is 2.52. The van der Waals surface area contributed by atoms with E-state index in [1.54, 1.807) is 12.1 Å². The average Bonchev–Trinajstić information content (AvgIpc) is 2.65. The minimum Gasteiger partial charge on any atom is -0.478 e. The molecule has 1 aromatic heterocycles. The number of carboxylic acids is 1. The van der Waals surface area contributed by atoms with Crippen molar-refractivity contribution in [3.63, 3.8) is 0 Å². The van der Waals surface area contributed by atoms with E-state index in [0.717, 1.165) is 11.3 Å². The van der Waals surface area contributed by atoms with Crippen LogP contribution in [0.4, 0.5) is 0 Å². The summed E-state index contributed by atoms with van der Waals surface area (Å²) in [7, 11) is 0. The van der Waals surface area contributed by atoms with Gasteiger partial charge in [-0.2, -0.15) is 0 Å². The Morgan fingerprint density at radius 3 is 2.75 bits per heavy atom. The number of carboxylic acid groups (broad SMARTS) is 1. The van der Waals surface area contributed by atoms with Gasteiger partial charge in [0.25, 0.3) is 0 Å². The van der Waals surface area contributed by atoms with Crippen LogP contribution in [0, 0.1) is 6.92 Å². The normalized spacial score (nSPS) is 12.0. The first-order valence-corrected chi connectivity index (χ1v) is 6.69. The van der Waals surface area contributed by atoms with Crippen LogP contribution < -0.4 is 0 Å². The number of benzene rings is 1. The fraction of sp³-hybridized carbons (Fsp3) is 0.467. The van der Waals surface area contributed by atoms with Crippen LogP contribution in [0.3, 0.4) is 0 Å². The highest BCUT2D eigenvalue weighted by Gasteiger charge is 2.22. The summed E-state index contributed by atoms with van der Waals surface area (Å²) in [6.45, 7) is 9.15. The largest absolute Gasteiger partial charge is 0.478 e. The van der Waals surface area contributed by atoms with Crippen LogP contribution in [0.15, 0.2) is 18.2 Å². The molecule has 2 rings (SSSR count). The first kappa shape index (κ1) is 14.5. The van der Waals surface area contributed by atoms with Crippen LogP contribution >= 0.6 is 0 Å². The number of nitrogens with zero attached hydrogens (tertiary/aromatic N) is 2. The number of para-hydroxylation sites is 1. The van der Waals surface area contributed by atoms with Crippen molar-refractivity contribution < 1.29 is 14.6 Å². The fourth-order valence-corrected chi connectivity index (χ4v) is 2.45. The SMILES string of the molecule is CCOC(C)(C)Cn1c(C)nc2c(C(=O)O)cccc21. The molecule has 0 spiro atoms. The van der Waals surface area contributed by atoms with Crippen LogP contribution in [-0.4, -0.2) is 32.8 Å². The van der Waals surface area contributed by atoms with Gasteiger partial charge in [-0.3, -0.25) is 0 Å². The molecule has 1 aromatic carbocycles. The second kappa shape index (κ2) is 5.25. The van der Waals surface area contributed by atoms with Gasteiger partial charge in [-0.15, -0.1) is 0 Å². The minimum atomic E-state index is -0.954. The van der Waals surface area contributed by atoms with E-state index >= 15 is 0 Å². The lowest BCUT2D eigenvalue weighted by Gasteiger charge is -2.26. The summed E-state index contributed by atoms with van der Waals surface area (Å²) in [6.07, 6.45) is 0. The molecule has 1 heterocycles. The van der Waals surface area contributed by atoms with Gasteiger partial charge in [0.2, 0.25) is 0 Å². The van der Waals surface area contributed by atoms with Gasteiger partial charge in [-0.25, -0.2) is 9.78 Å². The Morgan fingerprint density at radius 1 is 1.45 bits per heavy atom. The fourth-order valence-electron chi connectivity index (χ4n) is 2.45. The zero-order valence-electron chi connectivity index (χ0n) is 12.3. The monoisotopic (exact) mass is 276 g/mol. The van der Waals surface area contributed by atoms with Crippen LogP contribution in [-0.2, 0) is 11.3 Å².